The SMILES string of the molecule is Cn1cc(CCNCc2c(Cl)cccc2S(C)(=O)=O)cn1. The lowest BCUT2D eigenvalue weighted by molar-refractivity contribution is 0.598. The van der Waals surface area contributed by atoms with Gasteiger partial charge >= 0.3 is 0 Å². The highest BCUT2D eigenvalue weighted by Gasteiger charge is 2.15. The molecular formula is C14H18ClN3O2S. The van der Waals surface area contributed by atoms with Gasteiger partial charge in [-0.3, -0.25) is 4.68 Å². The Labute approximate surface area is 129 Å². The normalized spacial score (nSPS) is 11.8. The van der Waals surface area contributed by atoms with Crippen LogP contribution in [0.2, 0.25) is 5.02 Å². The minimum absolute atomic E-state index is 0.281. The maximum absolute atomic E-state index is 11.8. The fourth-order valence-corrected chi connectivity index (χ4v) is 3.36. The van der Waals surface area contributed by atoms with Gasteiger partial charge in [0.15, 0.2) is 9.84 Å². The van der Waals surface area contributed by atoms with E-state index in [0.717, 1.165) is 18.5 Å². The molecule has 0 aliphatic carbocycles. The second-order valence-corrected chi connectivity index (χ2v) is 7.33. The minimum atomic E-state index is -3.28. The van der Waals surface area contributed by atoms with Crippen molar-refractivity contribution in [2.75, 3.05) is 12.8 Å². The first kappa shape index (κ1) is 16.0. The summed E-state index contributed by atoms with van der Waals surface area (Å²) in [5.74, 6) is 0. The monoisotopic (exact) mass is 327 g/mol. The van der Waals surface area contributed by atoms with Crippen LogP contribution in [0.5, 0.6) is 0 Å². The molecule has 0 aliphatic heterocycles. The van der Waals surface area contributed by atoms with Crippen LogP contribution in [0.4, 0.5) is 0 Å². The molecule has 114 valence electrons. The molecule has 0 saturated heterocycles. The highest BCUT2D eigenvalue weighted by atomic mass is 35.5. The van der Waals surface area contributed by atoms with Gasteiger partial charge in [0.1, 0.15) is 0 Å². The molecule has 2 aromatic rings. The number of halogens is 1. The molecule has 1 heterocycles. The van der Waals surface area contributed by atoms with E-state index < -0.39 is 9.84 Å². The van der Waals surface area contributed by atoms with E-state index in [-0.39, 0.29) is 4.90 Å². The summed E-state index contributed by atoms with van der Waals surface area (Å²) in [4.78, 5) is 0.281. The Morgan fingerprint density at radius 2 is 2.14 bits per heavy atom. The summed E-state index contributed by atoms with van der Waals surface area (Å²) in [5, 5.41) is 7.79. The molecule has 0 saturated carbocycles. The molecule has 7 heteroatoms. The predicted molar refractivity (Wildman–Crippen MR) is 83.2 cm³/mol. The molecule has 5 nitrogen and oxygen atoms in total. The van der Waals surface area contributed by atoms with Crippen LogP contribution in [-0.4, -0.2) is 31.0 Å². The summed E-state index contributed by atoms with van der Waals surface area (Å²) in [5.41, 5.74) is 1.75. The van der Waals surface area contributed by atoms with Crippen molar-refractivity contribution in [2.24, 2.45) is 7.05 Å². The van der Waals surface area contributed by atoms with Gasteiger partial charge in [-0.05, 0) is 30.7 Å². The van der Waals surface area contributed by atoms with Crippen molar-refractivity contribution in [3.63, 3.8) is 0 Å². The number of benzene rings is 1. The zero-order valence-electron chi connectivity index (χ0n) is 12.0. The van der Waals surface area contributed by atoms with Crippen LogP contribution in [0.3, 0.4) is 0 Å². The van der Waals surface area contributed by atoms with E-state index in [4.69, 9.17) is 11.6 Å². The summed E-state index contributed by atoms with van der Waals surface area (Å²) in [6.45, 7) is 1.14. The summed E-state index contributed by atoms with van der Waals surface area (Å²) < 4.78 is 25.3. The van der Waals surface area contributed by atoms with Gasteiger partial charge < -0.3 is 5.32 Å². The van der Waals surface area contributed by atoms with Crippen molar-refractivity contribution in [1.29, 1.82) is 0 Å². The smallest absolute Gasteiger partial charge is 0.175 e. The first-order chi connectivity index (χ1) is 9.88. The van der Waals surface area contributed by atoms with Crippen LogP contribution in [0.25, 0.3) is 0 Å². The van der Waals surface area contributed by atoms with Gasteiger partial charge in [-0.15, -0.1) is 0 Å². The van der Waals surface area contributed by atoms with Crippen LogP contribution in [-0.2, 0) is 29.9 Å². The highest BCUT2D eigenvalue weighted by molar-refractivity contribution is 7.90. The van der Waals surface area contributed by atoms with Crippen molar-refractivity contribution in [1.82, 2.24) is 15.1 Å². The maximum atomic E-state index is 11.8. The van der Waals surface area contributed by atoms with E-state index in [1.54, 1.807) is 22.9 Å². The third-order valence-corrected chi connectivity index (χ3v) is 4.66. The Morgan fingerprint density at radius 1 is 1.38 bits per heavy atom. The van der Waals surface area contributed by atoms with Gasteiger partial charge in [-0.2, -0.15) is 5.10 Å². The van der Waals surface area contributed by atoms with Crippen molar-refractivity contribution >= 4 is 21.4 Å². The Bertz CT molecular complexity index is 726. The number of aromatic nitrogens is 2. The number of hydrogen-bond donors (Lipinski definition) is 1. The van der Waals surface area contributed by atoms with Gasteiger partial charge in [0.2, 0.25) is 0 Å². The number of nitrogens with one attached hydrogen (secondary N) is 1. The standard InChI is InChI=1S/C14H18ClN3O2S/c1-18-10-11(8-17-18)6-7-16-9-12-13(15)4-3-5-14(12)21(2,19)20/h3-5,8,10,16H,6-7,9H2,1-2H3. The Balaban J connectivity index is 2.00. The van der Waals surface area contributed by atoms with Crippen LogP contribution >= 0.6 is 11.6 Å². The van der Waals surface area contributed by atoms with Crippen LogP contribution in [0.15, 0.2) is 35.5 Å². The molecule has 1 aromatic heterocycles. The second kappa shape index (κ2) is 6.60. The van der Waals surface area contributed by atoms with Crippen molar-refractivity contribution in [3.8, 4) is 0 Å². The summed E-state index contributed by atoms with van der Waals surface area (Å²) >= 11 is 6.12. The molecule has 1 N–H and O–H groups in total. The molecule has 1 aromatic carbocycles. The molecule has 0 aliphatic rings. The number of aryl methyl sites for hydroxylation is 1. The second-order valence-electron chi connectivity index (χ2n) is 4.94. The maximum Gasteiger partial charge on any atom is 0.175 e. The van der Waals surface area contributed by atoms with Gasteiger partial charge in [0.05, 0.1) is 11.1 Å². The first-order valence-electron chi connectivity index (χ1n) is 6.53. The van der Waals surface area contributed by atoms with Crippen LogP contribution in [0.1, 0.15) is 11.1 Å². The minimum Gasteiger partial charge on any atom is -0.312 e. The van der Waals surface area contributed by atoms with Crippen LogP contribution < -0.4 is 5.32 Å². The molecule has 21 heavy (non-hydrogen) atoms. The van der Waals surface area contributed by atoms with Crippen molar-refractivity contribution < 1.29 is 8.42 Å². The summed E-state index contributed by atoms with van der Waals surface area (Å²) in [6, 6.07) is 4.94. The molecule has 0 spiro atoms. The predicted octanol–water partition coefficient (Wildman–Crippen LogP) is 1.81. The van der Waals surface area contributed by atoms with Gasteiger partial charge in [0.25, 0.3) is 0 Å². The molecule has 0 atom stereocenters. The van der Waals surface area contributed by atoms with E-state index >= 15 is 0 Å². The topological polar surface area (TPSA) is 64.0 Å². The van der Waals surface area contributed by atoms with Crippen LogP contribution in [0, 0.1) is 0 Å². The van der Waals surface area contributed by atoms with E-state index in [2.05, 4.69) is 10.4 Å². The Kier molecular flexibility index (Phi) is 5.03. The quantitative estimate of drug-likeness (QED) is 0.822. The third kappa shape index (κ3) is 4.30. The van der Waals surface area contributed by atoms with Gasteiger partial charge in [-0.25, -0.2) is 8.42 Å². The largest absolute Gasteiger partial charge is 0.312 e. The number of hydrogen-bond acceptors (Lipinski definition) is 4. The molecular weight excluding hydrogens is 310 g/mol. The zero-order chi connectivity index (χ0) is 15.5. The lowest BCUT2D eigenvalue weighted by Crippen LogP contribution is -2.18. The van der Waals surface area contributed by atoms with E-state index in [1.165, 1.54) is 6.26 Å². The Hall–Kier alpha value is -1.37. The zero-order valence-corrected chi connectivity index (χ0v) is 13.6. The lowest BCUT2D eigenvalue weighted by Gasteiger charge is -2.11. The molecule has 0 radical (unpaired) electrons. The average molecular weight is 328 g/mol. The van der Waals surface area contributed by atoms with E-state index in [1.807, 2.05) is 19.4 Å². The summed E-state index contributed by atoms with van der Waals surface area (Å²) in [6.07, 6.45) is 5.79. The van der Waals surface area contributed by atoms with E-state index in [9.17, 15) is 8.42 Å². The highest BCUT2D eigenvalue weighted by Crippen LogP contribution is 2.23. The lowest BCUT2D eigenvalue weighted by atomic mass is 10.2. The summed E-state index contributed by atoms with van der Waals surface area (Å²) in [7, 11) is -1.41. The molecule has 0 unspecified atom stereocenters. The molecule has 0 amide bonds. The number of sulfone groups is 1. The molecule has 0 bridgehead atoms. The number of nitrogens with zero attached hydrogens (tertiary/aromatic N) is 2. The molecule has 0 fully saturated rings. The van der Waals surface area contributed by atoms with Gasteiger partial charge in [-0.1, -0.05) is 17.7 Å². The number of rotatable bonds is 6. The van der Waals surface area contributed by atoms with Crippen molar-refractivity contribution in [2.45, 2.75) is 17.9 Å². The fourth-order valence-electron chi connectivity index (χ4n) is 2.10. The molecule has 2 rings (SSSR count). The van der Waals surface area contributed by atoms with Gasteiger partial charge in [0, 0.05) is 36.6 Å². The van der Waals surface area contributed by atoms with Crippen molar-refractivity contribution in [3.05, 3.63) is 46.7 Å². The third-order valence-electron chi connectivity index (χ3n) is 3.13. The Morgan fingerprint density at radius 3 is 2.76 bits per heavy atom. The van der Waals surface area contributed by atoms with E-state index in [0.29, 0.717) is 17.1 Å². The fraction of sp³-hybridized carbons (Fsp3) is 0.357. The average Bonchev–Trinajstić information content (AvgIpc) is 2.80. The first-order valence-corrected chi connectivity index (χ1v) is 8.80.